The summed E-state index contributed by atoms with van der Waals surface area (Å²) in [6, 6.07) is 13.6. The summed E-state index contributed by atoms with van der Waals surface area (Å²) in [4.78, 5) is 17.5. The molecular weight excluding hydrogens is 230 g/mol. The average Bonchev–Trinajstić information content (AvgIpc) is 2.87. The zero-order valence-electron chi connectivity index (χ0n) is 9.33. The Kier molecular flexibility index (Phi) is 2.49. The highest BCUT2D eigenvalue weighted by atomic mass is 16.5. The van der Waals surface area contributed by atoms with Gasteiger partial charge in [-0.25, -0.2) is 4.79 Å². The Hall–Kier alpha value is -2.69. The third-order valence-corrected chi connectivity index (χ3v) is 2.55. The third kappa shape index (κ3) is 1.93. The zero-order chi connectivity index (χ0) is 12.4. The normalized spacial score (nSPS) is 10.4. The lowest BCUT2D eigenvalue weighted by molar-refractivity contribution is 0.388. The fourth-order valence-corrected chi connectivity index (χ4v) is 1.71. The highest BCUT2D eigenvalue weighted by Crippen LogP contribution is 2.21. The largest absolute Gasteiger partial charge is 0.439 e. The van der Waals surface area contributed by atoms with Crippen molar-refractivity contribution < 1.29 is 4.52 Å². The van der Waals surface area contributed by atoms with Crippen molar-refractivity contribution in [1.82, 2.24) is 15.1 Å². The van der Waals surface area contributed by atoms with E-state index in [4.69, 9.17) is 0 Å². The van der Waals surface area contributed by atoms with Crippen LogP contribution in [0.2, 0.25) is 0 Å². The molecule has 5 heteroatoms. The molecular formula is C13H9N3O2. The van der Waals surface area contributed by atoms with Gasteiger partial charge in [-0.15, -0.1) is 0 Å². The minimum Gasteiger partial charge on any atom is -0.296 e. The van der Waals surface area contributed by atoms with Gasteiger partial charge in [-0.05, 0) is 23.3 Å². The second-order valence-corrected chi connectivity index (χ2v) is 3.74. The topological polar surface area (TPSA) is 71.8 Å². The van der Waals surface area contributed by atoms with Crippen LogP contribution in [0.4, 0.5) is 0 Å². The number of aromatic nitrogens is 3. The summed E-state index contributed by atoms with van der Waals surface area (Å²) in [5.74, 6) is -0.255. The smallest absolute Gasteiger partial charge is 0.296 e. The van der Waals surface area contributed by atoms with Gasteiger partial charge in [0.2, 0.25) is 5.82 Å². The molecule has 0 fully saturated rings. The number of H-pyrrole nitrogens is 1. The molecule has 0 unspecified atom stereocenters. The van der Waals surface area contributed by atoms with Crippen LogP contribution >= 0.6 is 0 Å². The summed E-state index contributed by atoms with van der Waals surface area (Å²) in [6.45, 7) is 0. The summed E-state index contributed by atoms with van der Waals surface area (Å²) < 4.78 is 4.46. The maximum absolute atomic E-state index is 10.9. The van der Waals surface area contributed by atoms with E-state index in [2.05, 4.69) is 19.6 Å². The molecule has 0 saturated heterocycles. The van der Waals surface area contributed by atoms with Crippen molar-refractivity contribution in [3.05, 3.63) is 59.2 Å². The Bertz CT molecular complexity index is 716. The van der Waals surface area contributed by atoms with E-state index in [9.17, 15) is 4.79 Å². The van der Waals surface area contributed by atoms with Crippen LogP contribution in [0.1, 0.15) is 0 Å². The molecule has 5 nitrogen and oxygen atoms in total. The first-order valence-corrected chi connectivity index (χ1v) is 5.41. The molecule has 0 saturated carbocycles. The maximum Gasteiger partial charge on any atom is 0.439 e. The molecule has 1 N–H and O–H groups in total. The quantitative estimate of drug-likeness (QED) is 0.743. The SMILES string of the molecule is O=c1[nH]c(-c2cc(-c3ccccc3)ccn2)no1. The first-order valence-electron chi connectivity index (χ1n) is 5.41. The first kappa shape index (κ1) is 10.5. The van der Waals surface area contributed by atoms with E-state index in [-0.39, 0.29) is 0 Å². The van der Waals surface area contributed by atoms with Gasteiger partial charge >= 0.3 is 5.76 Å². The summed E-state index contributed by atoms with van der Waals surface area (Å²) in [5, 5.41) is 3.62. The Morgan fingerprint density at radius 2 is 1.89 bits per heavy atom. The predicted octanol–water partition coefficient (Wildman–Crippen LogP) is 2.09. The summed E-state index contributed by atoms with van der Waals surface area (Å²) >= 11 is 0. The molecule has 2 heterocycles. The molecule has 3 aromatic rings. The number of hydrogen-bond donors (Lipinski definition) is 1. The van der Waals surface area contributed by atoms with E-state index in [1.165, 1.54) is 0 Å². The molecule has 2 aromatic heterocycles. The molecule has 18 heavy (non-hydrogen) atoms. The number of pyridine rings is 1. The fraction of sp³-hybridized carbons (Fsp3) is 0. The zero-order valence-corrected chi connectivity index (χ0v) is 9.33. The van der Waals surface area contributed by atoms with Gasteiger partial charge in [-0.2, -0.15) is 0 Å². The predicted molar refractivity (Wildman–Crippen MR) is 65.8 cm³/mol. The molecule has 0 aliphatic rings. The lowest BCUT2D eigenvalue weighted by Crippen LogP contribution is -1.95. The van der Waals surface area contributed by atoms with Crippen molar-refractivity contribution in [2.24, 2.45) is 0 Å². The van der Waals surface area contributed by atoms with Gasteiger partial charge < -0.3 is 0 Å². The van der Waals surface area contributed by atoms with E-state index in [1.54, 1.807) is 6.20 Å². The minimum absolute atomic E-state index is 0.331. The van der Waals surface area contributed by atoms with Gasteiger partial charge in [0.15, 0.2) is 0 Å². The van der Waals surface area contributed by atoms with E-state index >= 15 is 0 Å². The summed E-state index contributed by atoms with van der Waals surface area (Å²) in [5.41, 5.74) is 2.65. The van der Waals surface area contributed by atoms with Crippen molar-refractivity contribution in [3.8, 4) is 22.6 Å². The maximum atomic E-state index is 10.9. The van der Waals surface area contributed by atoms with E-state index in [0.29, 0.717) is 11.5 Å². The second-order valence-electron chi connectivity index (χ2n) is 3.74. The van der Waals surface area contributed by atoms with Crippen LogP contribution in [0.25, 0.3) is 22.6 Å². The monoisotopic (exact) mass is 239 g/mol. The number of rotatable bonds is 2. The van der Waals surface area contributed by atoms with Crippen LogP contribution in [0.5, 0.6) is 0 Å². The number of nitrogens with zero attached hydrogens (tertiary/aromatic N) is 2. The third-order valence-electron chi connectivity index (χ3n) is 2.55. The highest BCUT2D eigenvalue weighted by Gasteiger charge is 2.07. The molecule has 0 amide bonds. The molecule has 0 atom stereocenters. The van der Waals surface area contributed by atoms with Gasteiger partial charge in [-0.1, -0.05) is 35.5 Å². The Morgan fingerprint density at radius 1 is 1.06 bits per heavy atom. The van der Waals surface area contributed by atoms with Gasteiger partial charge in [0.05, 0.1) is 0 Å². The molecule has 0 spiro atoms. The van der Waals surface area contributed by atoms with Crippen LogP contribution in [-0.4, -0.2) is 15.1 Å². The fourth-order valence-electron chi connectivity index (χ4n) is 1.71. The molecule has 3 rings (SSSR count). The van der Waals surface area contributed by atoms with Crippen molar-refractivity contribution in [1.29, 1.82) is 0 Å². The van der Waals surface area contributed by atoms with Gasteiger partial charge in [0, 0.05) is 6.20 Å². The Morgan fingerprint density at radius 3 is 2.61 bits per heavy atom. The van der Waals surface area contributed by atoms with Crippen LogP contribution in [-0.2, 0) is 0 Å². The van der Waals surface area contributed by atoms with Crippen molar-refractivity contribution >= 4 is 0 Å². The average molecular weight is 239 g/mol. The molecule has 88 valence electrons. The van der Waals surface area contributed by atoms with Crippen molar-refractivity contribution in [2.75, 3.05) is 0 Å². The first-order chi connectivity index (χ1) is 8.83. The second kappa shape index (κ2) is 4.29. The highest BCUT2D eigenvalue weighted by molar-refractivity contribution is 5.67. The van der Waals surface area contributed by atoms with Crippen LogP contribution < -0.4 is 5.76 Å². The molecule has 0 bridgehead atoms. The lowest BCUT2D eigenvalue weighted by atomic mass is 10.1. The molecule has 0 aliphatic carbocycles. The number of aromatic amines is 1. The lowest BCUT2D eigenvalue weighted by Gasteiger charge is -2.02. The summed E-state index contributed by atoms with van der Waals surface area (Å²) in [6.07, 6.45) is 1.67. The van der Waals surface area contributed by atoms with Gasteiger partial charge in [0.1, 0.15) is 5.69 Å². The van der Waals surface area contributed by atoms with Crippen molar-refractivity contribution in [3.63, 3.8) is 0 Å². The van der Waals surface area contributed by atoms with E-state index < -0.39 is 5.76 Å². The minimum atomic E-state index is -0.586. The summed E-state index contributed by atoms with van der Waals surface area (Å²) in [7, 11) is 0. The van der Waals surface area contributed by atoms with Crippen LogP contribution in [0, 0.1) is 0 Å². The number of benzene rings is 1. The Labute approximate surface area is 102 Å². The van der Waals surface area contributed by atoms with Crippen LogP contribution in [0.3, 0.4) is 0 Å². The van der Waals surface area contributed by atoms with Crippen LogP contribution in [0.15, 0.2) is 58.0 Å². The Balaban J connectivity index is 2.07. The van der Waals surface area contributed by atoms with Crippen molar-refractivity contribution in [2.45, 2.75) is 0 Å². The number of hydrogen-bond acceptors (Lipinski definition) is 4. The van der Waals surface area contributed by atoms with Gasteiger partial charge in [-0.3, -0.25) is 14.5 Å². The molecule has 1 aromatic carbocycles. The number of nitrogens with one attached hydrogen (secondary N) is 1. The van der Waals surface area contributed by atoms with E-state index in [1.807, 2.05) is 42.5 Å². The van der Waals surface area contributed by atoms with E-state index in [0.717, 1.165) is 11.1 Å². The van der Waals surface area contributed by atoms with Gasteiger partial charge in [0.25, 0.3) is 0 Å². The molecule has 0 aliphatic heterocycles. The molecule has 0 radical (unpaired) electrons. The standard InChI is InChI=1S/C13H9N3O2/c17-13-15-12(16-18-13)11-8-10(6-7-14-11)9-4-2-1-3-5-9/h1-8H,(H,15,16,17).